The topological polar surface area (TPSA) is 51.8 Å². The highest BCUT2D eigenvalue weighted by atomic mass is 32.1. The highest BCUT2D eigenvalue weighted by Crippen LogP contribution is 2.38. The van der Waals surface area contributed by atoms with Crippen LogP contribution in [0.15, 0.2) is 24.3 Å². The number of rotatable bonds is 2. The number of halogens is 1. The highest BCUT2D eigenvalue weighted by Gasteiger charge is 2.21. The first kappa shape index (κ1) is 12.7. The van der Waals surface area contributed by atoms with E-state index in [1.54, 1.807) is 23.5 Å². The van der Waals surface area contributed by atoms with E-state index in [1.165, 1.54) is 22.9 Å². The van der Waals surface area contributed by atoms with Crippen molar-refractivity contribution in [2.75, 3.05) is 5.73 Å². The Balaban J connectivity index is 1.79. The van der Waals surface area contributed by atoms with Gasteiger partial charge in [0.05, 0.1) is 5.39 Å². The van der Waals surface area contributed by atoms with Gasteiger partial charge in [-0.1, -0.05) is 18.2 Å². The normalized spacial score (nSPS) is 13.8. The van der Waals surface area contributed by atoms with Crippen molar-refractivity contribution in [3.05, 3.63) is 51.9 Å². The zero-order valence-electron chi connectivity index (χ0n) is 11.4. The van der Waals surface area contributed by atoms with Crippen molar-refractivity contribution in [1.29, 1.82) is 0 Å². The van der Waals surface area contributed by atoms with Gasteiger partial charge in [-0.3, -0.25) is 0 Å². The predicted octanol–water partition coefficient (Wildman–Crippen LogP) is 3.49. The summed E-state index contributed by atoms with van der Waals surface area (Å²) in [6.07, 6.45) is 3.73. The summed E-state index contributed by atoms with van der Waals surface area (Å²) >= 11 is 1.70. The molecule has 106 valence electrons. The summed E-state index contributed by atoms with van der Waals surface area (Å²) in [4.78, 5) is 11.3. The first-order valence-corrected chi connectivity index (χ1v) is 7.84. The van der Waals surface area contributed by atoms with Crippen molar-refractivity contribution in [2.24, 2.45) is 0 Å². The van der Waals surface area contributed by atoms with Crippen LogP contribution in [0.2, 0.25) is 0 Å². The number of aromatic nitrogens is 2. The lowest BCUT2D eigenvalue weighted by Crippen LogP contribution is -2.02. The van der Waals surface area contributed by atoms with Crippen LogP contribution in [0.25, 0.3) is 10.2 Å². The molecule has 2 N–H and O–H groups in total. The Morgan fingerprint density at radius 1 is 1.19 bits per heavy atom. The summed E-state index contributed by atoms with van der Waals surface area (Å²) in [5.41, 5.74) is 8.05. The number of anilines is 1. The summed E-state index contributed by atoms with van der Waals surface area (Å²) in [6, 6.07) is 6.71. The molecular weight excluding hydrogens is 285 g/mol. The van der Waals surface area contributed by atoms with E-state index in [2.05, 4.69) is 9.97 Å². The van der Waals surface area contributed by atoms with E-state index in [0.717, 1.165) is 23.1 Å². The summed E-state index contributed by atoms with van der Waals surface area (Å²) in [5.74, 6) is 0.893. The maximum atomic E-state index is 13.7. The van der Waals surface area contributed by atoms with Crippen molar-refractivity contribution in [3.63, 3.8) is 0 Å². The monoisotopic (exact) mass is 299 g/mol. The minimum absolute atomic E-state index is 0.228. The van der Waals surface area contributed by atoms with Crippen LogP contribution < -0.4 is 5.73 Å². The second-order valence-electron chi connectivity index (χ2n) is 5.33. The van der Waals surface area contributed by atoms with Gasteiger partial charge in [0, 0.05) is 11.3 Å². The van der Waals surface area contributed by atoms with Crippen LogP contribution in [0.4, 0.5) is 10.2 Å². The molecule has 1 aliphatic rings. The van der Waals surface area contributed by atoms with E-state index in [4.69, 9.17) is 5.73 Å². The zero-order valence-corrected chi connectivity index (χ0v) is 12.2. The number of thiophene rings is 1. The molecule has 0 amide bonds. The van der Waals surface area contributed by atoms with Gasteiger partial charge in [-0.15, -0.1) is 11.3 Å². The van der Waals surface area contributed by atoms with Crippen molar-refractivity contribution in [2.45, 2.75) is 25.7 Å². The summed E-state index contributed by atoms with van der Waals surface area (Å²) in [5, 5.41) is 1.02. The second kappa shape index (κ2) is 4.77. The van der Waals surface area contributed by atoms with Crippen LogP contribution >= 0.6 is 11.3 Å². The van der Waals surface area contributed by atoms with E-state index in [-0.39, 0.29) is 5.82 Å². The van der Waals surface area contributed by atoms with E-state index < -0.39 is 0 Å². The van der Waals surface area contributed by atoms with Gasteiger partial charge in [-0.05, 0) is 36.5 Å². The average Bonchev–Trinajstić information content (AvgIpc) is 3.01. The number of hydrogen-bond donors (Lipinski definition) is 1. The summed E-state index contributed by atoms with van der Waals surface area (Å²) < 4.78 is 13.7. The molecular formula is C16H14FN3S. The SMILES string of the molecule is Nc1nc(Cc2ccccc2F)nc2sc3c(c12)CCC3. The lowest BCUT2D eigenvalue weighted by Gasteiger charge is -2.05. The Morgan fingerprint density at radius 3 is 2.90 bits per heavy atom. The van der Waals surface area contributed by atoms with Gasteiger partial charge in [0.15, 0.2) is 0 Å². The Bertz CT molecular complexity index is 841. The van der Waals surface area contributed by atoms with Gasteiger partial charge in [0.2, 0.25) is 0 Å². The first-order chi connectivity index (χ1) is 10.2. The van der Waals surface area contributed by atoms with Gasteiger partial charge in [0.1, 0.15) is 22.3 Å². The summed E-state index contributed by atoms with van der Waals surface area (Å²) in [7, 11) is 0. The predicted molar refractivity (Wildman–Crippen MR) is 83.1 cm³/mol. The van der Waals surface area contributed by atoms with Gasteiger partial charge in [0.25, 0.3) is 0 Å². The van der Waals surface area contributed by atoms with Crippen LogP contribution in [-0.2, 0) is 19.3 Å². The van der Waals surface area contributed by atoms with Crippen molar-refractivity contribution >= 4 is 27.4 Å². The van der Waals surface area contributed by atoms with Crippen LogP contribution in [-0.4, -0.2) is 9.97 Å². The van der Waals surface area contributed by atoms with Crippen molar-refractivity contribution < 1.29 is 4.39 Å². The van der Waals surface area contributed by atoms with Crippen molar-refractivity contribution in [1.82, 2.24) is 9.97 Å². The number of benzene rings is 1. The summed E-state index contributed by atoms with van der Waals surface area (Å²) in [6.45, 7) is 0. The molecule has 0 radical (unpaired) electrons. The van der Waals surface area contributed by atoms with Gasteiger partial charge >= 0.3 is 0 Å². The van der Waals surface area contributed by atoms with Gasteiger partial charge in [-0.25, -0.2) is 14.4 Å². The molecule has 0 atom stereocenters. The Labute approximate surface area is 125 Å². The molecule has 1 aromatic carbocycles. The third-order valence-electron chi connectivity index (χ3n) is 3.95. The molecule has 3 nitrogen and oxygen atoms in total. The Hall–Kier alpha value is -2.01. The van der Waals surface area contributed by atoms with Crippen LogP contribution in [0, 0.1) is 5.82 Å². The first-order valence-electron chi connectivity index (χ1n) is 7.02. The van der Waals surface area contributed by atoms with E-state index in [0.29, 0.717) is 23.6 Å². The largest absolute Gasteiger partial charge is 0.383 e. The maximum Gasteiger partial charge on any atom is 0.136 e. The lowest BCUT2D eigenvalue weighted by atomic mass is 10.1. The number of fused-ring (bicyclic) bond motifs is 3. The molecule has 0 unspecified atom stereocenters. The molecule has 4 rings (SSSR count). The Morgan fingerprint density at radius 2 is 2.05 bits per heavy atom. The molecule has 5 heteroatoms. The molecule has 0 bridgehead atoms. The van der Waals surface area contributed by atoms with Gasteiger partial charge < -0.3 is 5.73 Å². The number of nitrogens with two attached hydrogens (primary N) is 1. The lowest BCUT2D eigenvalue weighted by molar-refractivity contribution is 0.612. The molecule has 21 heavy (non-hydrogen) atoms. The molecule has 0 spiro atoms. The average molecular weight is 299 g/mol. The Kier molecular flexibility index (Phi) is 2.89. The van der Waals surface area contributed by atoms with E-state index in [1.807, 2.05) is 6.07 Å². The molecule has 0 aliphatic heterocycles. The minimum atomic E-state index is -0.228. The molecule has 0 saturated heterocycles. The fourth-order valence-electron chi connectivity index (χ4n) is 2.96. The fourth-order valence-corrected chi connectivity index (χ4v) is 4.25. The van der Waals surface area contributed by atoms with E-state index >= 15 is 0 Å². The number of hydrogen-bond acceptors (Lipinski definition) is 4. The molecule has 0 saturated carbocycles. The smallest absolute Gasteiger partial charge is 0.136 e. The van der Waals surface area contributed by atoms with Crippen LogP contribution in [0.3, 0.4) is 0 Å². The second-order valence-corrected chi connectivity index (χ2v) is 6.41. The molecule has 3 aromatic rings. The molecule has 1 aliphatic carbocycles. The number of nitrogen functional groups attached to an aromatic ring is 1. The zero-order chi connectivity index (χ0) is 14.4. The number of aryl methyl sites for hydroxylation is 2. The fraction of sp³-hybridized carbons (Fsp3) is 0.250. The van der Waals surface area contributed by atoms with Crippen LogP contribution in [0.5, 0.6) is 0 Å². The van der Waals surface area contributed by atoms with E-state index in [9.17, 15) is 4.39 Å². The third-order valence-corrected chi connectivity index (χ3v) is 5.13. The molecule has 0 fully saturated rings. The standard InChI is InChI=1S/C16H14FN3S/c17-11-6-2-1-4-9(11)8-13-19-15(18)14-10-5-3-7-12(10)21-16(14)20-13/h1-2,4,6H,3,5,7-8H2,(H2,18,19,20). The maximum absolute atomic E-state index is 13.7. The minimum Gasteiger partial charge on any atom is -0.383 e. The molecule has 2 aromatic heterocycles. The van der Waals surface area contributed by atoms with Gasteiger partial charge in [-0.2, -0.15) is 0 Å². The third kappa shape index (κ3) is 2.08. The quantitative estimate of drug-likeness (QED) is 0.788. The number of nitrogens with zero attached hydrogens (tertiary/aromatic N) is 2. The van der Waals surface area contributed by atoms with Crippen molar-refractivity contribution in [3.8, 4) is 0 Å². The highest BCUT2D eigenvalue weighted by molar-refractivity contribution is 7.19. The van der Waals surface area contributed by atoms with Crippen LogP contribution in [0.1, 0.15) is 28.2 Å². The molecule has 2 heterocycles.